The number of aromatic nitrogens is 3. The zero-order valence-corrected chi connectivity index (χ0v) is 25.0. The Labute approximate surface area is 240 Å². The van der Waals surface area contributed by atoms with Crippen molar-refractivity contribution in [2.75, 3.05) is 74.6 Å². The van der Waals surface area contributed by atoms with Gasteiger partial charge in [-0.25, -0.2) is 13.4 Å². The van der Waals surface area contributed by atoms with Gasteiger partial charge in [-0.3, -0.25) is 9.52 Å². The molecule has 216 valence electrons. The Bertz CT molecular complexity index is 1500. The number of fused-ring (bicyclic) bond motifs is 1. The summed E-state index contributed by atoms with van der Waals surface area (Å²) in [6, 6.07) is 8.41. The van der Waals surface area contributed by atoms with Crippen LogP contribution in [0.25, 0.3) is 5.65 Å². The SMILES string of the molecule is CN(C)CCN(C)c1cc(N2CCC2)nc2cc(C3CCCCN3C(=O)c3cc(Cl)ccc3NS(C)(=O)=O)nn12. The van der Waals surface area contributed by atoms with Crippen molar-refractivity contribution in [3.8, 4) is 0 Å². The van der Waals surface area contributed by atoms with E-state index in [4.69, 9.17) is 21.7 Å². The third-order valence-corrected chi connectivity index (χ3v) is 8.31. The molecule has 2 aromatic heterocycles. The highest BCUT2D eigenvalue weighted by Gasteiger charge is 2.33. The molecular formula is C27H37ClN8O3S. The number of likely N-dealkylation sites (N-methyl/N-ethyl adjacent to an activating group) is 2. The van der Waals surface area contributed by atoms with Crippen molar-refractivity contribution in [3.05, 3.63) is 46.6 Å². The number of piperidine rings is 1. The van der Waals surface area contributed by atoms with Crippen LogP contribution in [0.4, 0.5) is 17.3 Å². The van der Waals surface area contributed by atoms with Crippen LogP contribution < -0.4 is 14.5 Å². The first-order valence-corrected chi connectivity index (χ1v) is 15.9. The largest absolute Gasteiger partial charge is 0.358 e. The summed E-state index contributed by atoms with van der Waals surface area (Å²) in [5, 5.41) is 5.36. The van der Waals surface area contributed by atoms with Crippen LogP contribution in [-0.2, 0) is 10.0 Å². The van der Waals surface area contributed by atoms with Crippen LogP contribution in [0.3, 0.4) is 0 Å². The first-order chi connectivity index (χ1) is 19.0. The number of sulfonamides is 1. The van der Waals surface area contributed by atoms with Gasteiger partial charge in [0, 0.05) is 56.9 Å². The normalized spacial score (nSPS) is 17.8. The van der Waals surface area contributed by atoms with E-state index in [1.807, 2.05) is 10.6 Å². The molecule has 2 fully saturated rings. The van der Waals surface area contributed by atoms with E-state index >= 15 is 0 Å². The molecule has 1 N–H and O–H groups in total. The smallest absolute Gasteiger partial charge is 0.256 e. The first kappa shape index (κ1) is 28.4. The van der Waals surface area contributed by atoms with Gasteiger partial charge < -0.3 is 19.6 Å². The molecule has 40 heavy (non-hydrogen) atoms. The van der Waals surface area contributed by atoms with Gasteiger partial charge in [0.2, 0.25) is 10.0 Å². The molecule has 1 aromatic carbocycles. The number of carbonyl (C=O) groups excluding carboxylic acids is 1. The minimum atomic E-state index is -3.59. The topological polar surface area (TPSA) is 106 Å². The van der Waals surface area contributed by atoms with E-state index < -0.39 is 10.0 Å². The Balaban J connectivity index is 1.53. The molecular weight excluding hydrogens is 552 g/mol. The molecule has 13 heteroatoms. The standard InChI is InChI=1S/C27H37ClN8O3S/c1-32(2)14-15-33(3)26-18-24(34-11-7-12-34)29-25-17-22(30-36(25)26)23-8-5-6-13-35(23)27(37)20-16-19(28)9-10-21(20)31-40(4,38)39/h9-10,16-18,23,31H,5-8,11-15H2,1-4H3. The van der Waals surface area contributed by atoms with Gasteiger partial charge in [-0.05, 0) is 58.0 Å². The predicted octanol–water partition coefficient (Wildman–Crippen LogP) is 3.33. The zero-order valence-electron chi connectivity index (χ0n) is 23.5. The monoisotopic (exact) mass is 588 g/mol. The number of hydrogen-bond acceptors (Lipinski definition) is 8. The highest BCUT2D eigenvalue weighted by atomic mass is 35.5. The number of likely N-dealkylation sites (tertiary alicyclic amines) is 1. The number of amides is 1. The number of hydrogen-bond donors (Lipinski definition) is 1. The summed E-state index contributed by atoms with van der Waals surface area (Å²) in [4.78, 5) is 27.3. The highest BCUT2D eigenvalue weighted by molar-refractivity contribution is 7.92. The van der Waals surface area contributed by atoms with Gasteiger partial charge in [0.05, 0.1) is 29.2 Å². The molecule has 1 atom stereocenters. The van der Waals surface area contributed by atoms with Crippen molar-refractivity contribution in [2.24, 2.45) is 0 Å². The van der Waals surface area contributed by atoms with Crippen molar-refractivity contribution in [1.29, 1.82) is 0 Å². The van der Waals surface area contributed by atoms with Gasteiger partial charge in [-0.15, -0.1) is 0 Å². The van der Waals surface area contributed by atoms with E-state index in [1.165, 1.54) is 12.1 Å². The van der Waals surface area contributed by atoms with E-state index in [0.717, 1.165) is 81.1 Å². The first-order valence-electron chi connectivity index (χ1n) is 13.6. The van der Waals surface area contributed by atoms with Gasteiger partial charge in [0.15, 0.2) is 5.65 Å². The van der Waals surface area contributed by atoms with E-state index in [1.54, 1.807) is 11.0 Å². The van der Waals surface area contributed by atoms with Crippen LogP contribution in [0, 0.1) is 0 Å². The molecule has 0 radical (unpaired) electrons. The lowest BCUT2D eigenvalue weighted by molar-refractivity contribution is 0.0607. The summed E-state index contributed by atoms with van der Waals surface area (Å²) in [6.07, 6.45) is 4.76. The van der Waals surface area contributed by atoms with Crippen LogP contribution in [0.5, 0.6) is 0 Å². The fourth-order valence-electron chi connectivity index (χ4n) is 5.19. The maximum atomic E-state index is 13.9. The van der Waals surface area contributed by atoms with Crippen molar-refractivity contribution in [1.82, 2.24) is 24.4 Å². The molecule has 0 aliphatic carbocycles. The number of halogens is 1. The number of rotatable bonds is 9. The Hall–Kier alpha value is -3.09. The quantitative estimate of drug-likeness (QED) is 0.406. The Morgan fingerprint density at radius 3 is 2.52 bits per heavy atom. The average molecular weight is 589 g/mol. The molecule has 11 nitrogen and oxygen atoms in total. The van der Waals surface area contributed by atoms with Gasteiger partial charge in [-0.2, -0.15) is 9.61 Å². The lowest BCUT2D eigenvalue weighted by Gasteiger charge is -2.35. The zero-order chi connectivity index (χ0) is 28.6. The molecule has 2 aliphatic rings. The van der Waals surface area contributed by atoms with E-state index in [0.29, 0.717) is 11.6 Å². The maximum absolute atomic E-state index is 13.9. The van der Waals surface area contributed by atoms with Crippen LogP contribution in [0.1, 0.15) is 47.8 Å². The van der Waals surface area contributed by atoms with Crippen molar-refractivity contribution in [2.45, 2.75) is 31.7 Å². The molecule has 1 amide bonds. The second kappa shape index (κ2) is 11.4. The van der Waals surface area contributed by atoms with Gasteiger partial charge in [0.1, 0.15) is 11.6 Å². The summed E-state index contributed by atoms with van der Waals surface area (Å²) < 4.78 is 28.3. The van der Waals surface area contributed by atoms with Crippen LogP contribution in [0.15, 0.2) is 30.3 Å². The highest BCUT2D eigenvalue weighted by Crippen LogP contribution is 2.35. The molecule has 4 heterocycles. The van der Waals surface area contributed by atoms with E-state index in [2.05, 4.69) is 46.6 Å². The van der Waals surface area contributed by atoms with Crippen molar-refractivity contribution >= 4 is 50.5 Å². The number of nitrogens with zero attached hydrogens (tertiary/aromatic N) is 7. The molecule has 0 saturated carbocycles. The summed E-state index contributed by atoms with van der Waals surface area (Å²) in [7, 11) is 2.58. The minimum absolute atomic E-state index is 0.210. The summed E-state index contributed by atoms with van der Waals surface area (Å²) in [5.41, 5.74) is 1.94. The number of anilines is 3. The van der Waals surface area contributed by atoms with Gasteiger partial charge in [0.25, 0.3) is 5.91 Å². The molecule has 2 aliphatic heterocycles. The van der Waals surface area contributed by atoms with E-state index in [9.17, 15) is 13.2 Å². The fourth-order valence-corrected chi connectivity index (χ4v) is 5.94. The van der Waals surface area contributed by atoms with Crippen LogP contribution >= 0.6 is 11.6 Å². The molecule has 2 saturated heterocycles. The van der Waals surface area contributed by atoms with Crippen LogP contribution in [-0.4, -0.2) is 98.8 Å². The molecule has 3 aromatic rings. The third-order valence-electron chi connectivity index (χ3n) is 7.48. The Kier molecular flexibility index (Phi) is 8.12. The number of benzene rings is 1. The van der Waals surface area contributed by atoms with Gasteiger partial charge in [-0.1, -0.05) is 11.6 Å². The number of nitrogens with one attached hydrogen (secondary N) is 1. The third kappa shape index (κ3) is 6.13. The lowest BCUT2D eigenvalue weighted by atomic mass is 9.98. The Morgan fingerprint density at radius 1 is 1.07 bits per heavy atom. The second-order valence-corrected chi connectivity index (χ2v) is 13.1. The molecule has 1 unspecified atom stereocenters. The predicted molar refractivity (Wildman–Crippen MR) is 159 cm³/mol. The lowest BCUT2D eigenvalue weighted by Crippen LogP contribution is -2.39. The molecule has 0 bridgehead atoms. The number of carbonyl (C=O) groups is 1. The summed E-state index contributed by atoms with van der Waals surface area (Å²) in [5.74, 6) is 1.60. The van der Waals surface area contributed by atoms with Crippen molar-refractivity contribution < 1.29 is 13.2 Å². The van der Waals surface area contributed by atoms with Gasteiger partial charge >= 0.3 is 0 Å². The van der Waals surface area contributed by atoms with Crippen molar-refractivity contribution in [3.63, 3.8) is 0 Å². The Morgan fingerprint density at radius 2 is 1.85 bits per heavy atom. The summed E-state index contributed by atoms with van der Waals surface area (Å²) >= 11 is 6.24. The second-order valence-electron chi connectivity index (χ2n) is 11.0. The fraction of sp³-hybridized carbons (Fsp3) is 0.519. The van der Waals surface area contributed by atoms with Crippen LogP contribution in [0.2, 0.25) is 5.02 Å². The molecule has 5 rings (SSSR count). The minimum Gasteiger partial charge on any atom is -0.358 e. The summed E-state index contributed by atoms with van der Waals surface area (Å²) in [6.45, 7) is 4.21. The maximum Gasteiger partial charge on any atom is 0.256 e. The molecule has 0 spiro atoms. The van der Waals surface area contributed by atoms with E-state index in [-0.39, 0.29) is 23.2 Å². The average Bonchev–Trinajstić information content (AvgIpc) is 3.29.